The number of carbonyl (C=O) groups excluding carboxylic acids is 1. The molecule has 0 saturated heterocycles. The van der Waals surface area contributed by atoms with Crippen molar-refractivity contribution in [1.82, 2.24) is 9.88 Å². The maximum atomic E-state index is 12.5. The van der Waals surface area contributed by atoms with Crippen molar-refractivity contribution in [3.63, 3.8) is 0 Å². The Morgan fingerprint density at radius 1 is 1.26 bits per heavy atom. The molecule has 0 aliphatic rings. The number of aliphatic carboxylic acids is 1. The number of nitrogens with zero attached hydrogens (tertiary/aromatic N) is 1. The first-order valence-electron chi connectivity index (χ1n) is 6.45. The van der Waals surface area contributed by atoms with Crippen LogP contribution < -0.4 is 5.56 Å². The Kier molecular flexibility index (Phi) is 5.38. The van der Waals surface area contributed by atoms with E-state index in [1.54, 1.807) is 24.3 Å². The second kappa shape index (κ2) is 7.10. The topological polar surface area (TPSA) is 90.5 Å². The molecule has 1 atom stereocenters. The fourth-order valence-electron chi connectivity index (χ4n) is 2.11. The molecular weight excluding hydrogens is 432 g/mol. The third kappa shape index (κ3) is 3.89. The summed E-state index contributed by atoms with van der Waals surface area (Å²) in [5.41, 5.74) is 0.275. The number of pyridine rings is 1. The molecule has 2 N–H and O–H groups in total. The van der Waals surface area contributed by atoms with Gasteiger partial charge in [-0.3, -0.25) is 9.59 Å². The van der Waals surface area contributed by atoms with Crippen LogP contribution in [0.4, 0.5) is 0 Å². The summed E-state index contributed by atoms with van der Waals surface area (Å²) < 4.78 is 0.917. The molecule has 1 unspecified atom stereocenters. The van der Waals surface area contributed by atoms with Gasteiger partial charge in [-0.05, 0) is 39.7 Å². The van der Waals surface area contributed by atoms with Crippen molar-refractivity contribution in [3.05, 3.63) is 67.0 Å². The molecule has 1 aromatic carbocycles. The summed E-state index contributed by atoms with van der Waals surface area (Å²) in [6.45, 7) is 0. The van der Waals surface area contributed by atoms with Crippen LogP contribution in [0.3, 0.4) is 0 Å². The van der Waals surface area contributed by atoms with Crippen molar-refractivity contribution in [1.29, 1.82) is 0 Å². The van der Waals surface area contributed by atoms with Crippen LogP contribution in [0.2, 0.25) is 0 Å². The lowest BCUT2D eigenvalue weighted by molar-refractivity contribution is -0.142. The van der Waals surface area contributed by atoms with Gasteiger partial charge in [-0.25, -0.2) is 4.79 Å². The van der Waals surface area contributed by atoms with E-state index in [9.17, 15) is 19.5 Å². The monoisotopic (exact) mass is 442 g/mol. The molecule has 0 aliphatic carbocycles. The van der Waals surface area contributed by atoms with E-state index >= 15 is 0 Å². The molecule has 1 heterocycles. The Labute approximate surface area is 148 Å². The van der Waals surface area contributed by atoms with Gasteiger partial charge in [0.05, 0.1) is 10.0 Å². The average Bonchev–Trinajstić information content (AvgIpc) is 2.49. The molecule has 120 valence electrons. The van der Waals surface area contributed by atoms with Crippen molar-refractivity contribution in [3.8, 4) is 0 Å². The van der Waals surface area contributed by atoms with Crippen LogP contribution in [0.15, 0.2) is 50.3 Å². The zero-order valence-corrected chi connectivity index (χ0v) is 15.1. The van der Waals surface area contributed by atoms with E-state index in [1.165, 1.54) is 19.3 Å². The molecule has 1 amide bonds. The number of likely N-dealkylation sites (N-methyl/N-ethyl adjacent to an activating group) is 1. The summed E-state index contributed by atoms with van der Waals surface area (Å²) in [7, 11) is 1.40. The highest BCUT2D eigenvalue weighted by Crippen LogP contribution is 2.24. The summed E-state index contributed by atoms with van der Waals surface area (Å²) in [6, 6.07) is 6.96. The Hall–Kier alpha value is -1.93. The van der Waals surface area contributed by atoms with Gasteiger partial charge in [-0.1, -0.05) is 28.1 Å². The fraction of sp³-hybridized carbons (Fsp3) is 0.133. The van der Waals surface area contributed by atoms with Crippen LogP contribution in [0.25, 0.3) is 0 Å². The number of carboxylic acids is 1. The van der Waals surface area contributed by atoms with E-state index in [1.807, 2.05) is 0 Å². The summed E-state index contributed by atoms with van der Waals surface area (Å²) in [5.74, 6) is -1.67. The van der Waals surface area contributed by atoms with Gasteiger partial charge in [-0.2, -0.15) is 0 Å². The van der Waals surface area contributed by atoms with Crippen LogP contribution in [0.5, 0.6) is 0 Å². The number of hydrogen-bond donors (Lipinski definition) is 2. The molecule has 0 fully saturated rings. The maximum Gasteiger partial charge on any atom is 0.331 e. The lowest BCUT2D eigenvalue weighted by atomic mass is 10.1. The van der Waals surface area contributed by atoms with E-state index < -0.39 is 17.9 Å². The summed E-state index contributed by atoms with van der Waals surface area (Å²) >= 11 is 6.33. The second-order valence-electron chi connectivity index (χ2n) is 4.78. The van der Waals surface area contributed by atoms with Crippen molar-refractivity contribution in [2.75, 3.05) is 7.05 Å². The molecule has 0 spiro atoms. The van der Waals surface area contributed by atoms with Crippen LogP contribution in [-0.2, 0) is 4.79 Å². The van der Waals surface area contributed by atoms with Crippen molar-refractivity contribution in [2.45, 2.75) is 6.04 Å². The highest BCUT2D eigenvalue weighted by Gasteiger charge is 2.29. The normalized spacial score (nSPS) is 11.8. The lowest BCUT2D eigenvalue weighted by Crippen LogP contribution is -2.36. The SMILES string of the molecule is CN(C(=O)c1c[nH]c(=O)c(Br)c1)C(C(=O)O)c1cccc(Br)c1. The number of carbonyl (C=O) groups is 2. The summed E-state index contributed by atoms with van der Waals surface area (Å²) in [4.78, 5) is 39.0. The van der Waals surface area contributed by atoms with Crippen LogP contribution >= 0.6 is 31.9 Å². The lowest BCUT2D eigenvalue weighted by Gasteiger charge is -2.25. The number of hydrogen-bond acceptors (Lipinski definition) is 3. The number of carboxylic acid groups (broad SMARTS) is 1. The predicted molar refractivity (Wildman–Crippen MR) is 91.4 cm³/mol. The Balaban J connectivity index is 2.39. The van der Waals surface area contributed by atoms with Gasteiger partial charge >= 0.3 is 5.97 Å². The van der Waals surface area contributed by atoms with Crippen molar-refractivity contribution in [2.24, 2.45) is 0 Å². The minimum absolute atomic E-state index is 0.181. The van der Waals surface area contributed by atoms with Gasteiger partial charge in [0.2, 0.25) is 0 Å². The molecule has 23 heavy (non-hydrogen) atoms. The van der Waals surface area contributed by atoms with Crippen molar-refractivity contribution < 1.29 is 14.7 Å². The molecule has 8 heteroatoms. The van der Waals surface area contributed by atoms with Gasteiger partial charge in [-0.15, -0.1) is 0 Å². The first-order valence-corrected chi connectivity index (χ1v) is 8.03. The first-order chi connectivity index (χ1) is 10.8. The molecule has 0 aliphatic heterocycles. The number of aromatic nitrogens is 1. The van der Waals surface area contributed by atoms with E-state index in [0.717, 1.165) is 4.90 Å². The minimum Gasteiger partial charge on any atom is -0.479 e. The quantitative estimate of drug-likeness (QED) is 0.760. The number of rotatable bonds is 4. The first kappa shape index (κ1) is 17.4. The molecule has 0 bridgehead atoms. The standard InChI is InChI=1S/C15H12Br2N2O4/c1-19(14(21)9-6-11(17)13(20)18-7-9)12(15(22)23)8-3-2-4-10(16)5-8/h2-7,12H,1H3,(H,18,20)(H,22,23). The van der Waals surface area contributed by atoms with E-state index in [2.05, 4.69) is 36.8 Å². The third-order valence-electron chi connectivity index (χ3n) is 3.21. The van der Waals surface area contributed by atoms with Gasteiger partial charge in [0.25, 0.3) is 11.5 Å². The maximum absolute atomic E-state index is 12.5. The third-order valence-corrected chi connectivity index (χ3v) is 4.29. The smallest absolute Gasteiger partial charge is 0.331 e. The van der Waals surface area contributed by atoms with Gasteiger partial charge in [0.1, 0.15) is 0 Å². The van der Waals surface area contributed by atoms with Crippen molar-refractivity contribution >= 4 is 43.7 Å². The largest absolute Gasteiger partial charge is 0.479 e. The van der Waals surface area contributed by atoms with Crippen LogP contribution in [0.1, 0.15) is 22.0 Å². The number of halogens is 2. The fourth-order valence-corrected chi connectivity index (χ4v) is 2.89. The minimum atomic E-state index is -1.15. The second-order valence-corrected chi connectivity index (χ2v) is 6.55. The summed E-state index contributed by atoms with van der Waals surface area (Å²) in [6.07, 6.45) is 1.26. The van der Waals surface area contributed by atoms with Gasteiger partial charge in [0, 0.05) is 17.7 Å². The van der Waals surface area contributed by atoms with Crippen LogP contribution in [0, 0.1) is 0 Å². The molecule has 2 rings (SSSR count). The summed E-state index contributed by atoms with van der Waals surface area (Å²) in [5, 5.41) is 9.51. The van der Waals surface area contributed by atoms with E-state index in [-0.39, 0.29) is 15.6 Å². The Morgan fingerprint density at radius 3 is 2.52 bits per heavy atom. The Morgan fingerprint density at radius 2 is 1.96 bits per heavy atom. The molecule has 0 saturated carbocycles. The predicted octanol–water partition coefficient (Wildman–Crippen LogP) is 2.80. The zero-order chi connectivity index (χ0) is 17.1. The number of nitrogens with one attached hydrogen (secondary N) is 1. The number of aromatic amines is 1. The molecule has 0 radical (unpaired) electrons. The molecular formula is C15H12Br2N2O4. The molecule has 2 aromatic rings. The van der Waals surface area contributed by atoms with Crippen LogP contribution in [-0.4, -0.2) is 33.9 Å². The molecule has 1 aromatic heterocycles. The number of benzene rings is 1. The van der Waals surface area contributed by atoms with Gasteiger partial charge < -0.3 is 15.0 Å². The van der Waals surface area contributed by atoms with Gasteiger partial charge in [0.15, 0.2) is 6.04 Å². The number of H-pyrrole nitrogens is 1. The average molecular weight is 444 g/mol. The highest BCUT2D eigenvalue weighted by atomic mass is 79.9. The zero-order valence-electron chi connectivity index (χ0n) is 11.9. The molecule has 6 nitrogen and oxygen atoms in total. The Bertz CT molecular complexity index is 819. The number of amides is 1. The van der Waals surface area contributed by atoms with E-state index in [4.69, 9.17) is 0 Å². The highest BCUT2D eigenvalue weighted by molar-refractivity contribution is 9.10. The van der Waals surface area contributed by atoms with E-state index in [0.29, 0.717) is 10.0 Å².